The van der Waals surface area contributed by atoms with Gasteiger partial charge in [-0.2, -0.15) is 5.10 Å². The van der Waals surface area contributed by atoms with Gasteiger partial charge in [-0.3, -0.25) is 14.5 Å². The van der Waals surface area contributed by atoms with Gasteiger partial charge in [-0.25, -0.2) is 23.1 Å². The minimum Gasteiger partial charge on any atom is -0.289 e. The molecule has 0 amide bonds. The Hall–Kier alpha value is -4.02. The number of benzene rings is 1. The number of aromatic nitrogens is 5. The molecule has 0 bridgehead atoms. The van der Waals surface area contributed by atoms with Crippen LogP contribution in [0.5, 0.6) is 0 Å². The number of hydrogen-bond acceptors (Lipinski definition) is 7. The highest BCUT2D eigenvalue weighted by molar-refractivity contribution is 7.88. The molecular formula is C24H20N6O3S. The Morgan fingerprint density at radius 1 is 0.971 bits per heavy atom. The molecule has 5 rings (SSSR count). The predicted octanol–water partition coefficient (Wildman–Crippen LogP) is 2.56. The topological polar surface area (TPSA) is 120 Å². The summed E-state index contributed by atoms with van der Waals surface area (Å²) in [7, 11) is -1.83. The normalized spacial score (nSPS) is 11.8. The second-order valence-corrected chi connectivity index (χ2v) is 9.73. The molecule has 0 saturated carbocycles. The highest BCUT2D eigenvalue weighted by atomic mass is 32.2. The van der Waals surface area contributed by atoms with Gasteiger partial charge in [0.2, 0.25) is 10.0 Å². The van der Waals surface area contributed by atoms with Crippen molar-refractivity contribution >= 4 is 31.7 Å². The van der Waals surface area contributed by atoms with Crippen LogP contribution in [0.1, 0.15) is 11.3 Å². The fourth-order valence-electron chi connectivity index (χ4n) is 3.74. The predicted molar refractivity (Wildman–Crippen MR) is 129 cm³/mol. The number of nitrogens with one attached hydrogen (secondary N) is 1. The van der Waals surface area contributed by atoms with E-state index in [4.69, 9.17) is 0 Å². The summed E-state index contributed by atoms with van der Waals surface area (Å²) in [6.45, 7) is 0.0631. The van der Waals surface area contributed by atoms with Crippen molar-refractivity contribution in [1.29, 1.82) is 0 Å². The Bertz CT molecular complexity index is 1680. The summed E-state index contributed by atoms with van der Waals surface area (Å²) in [4.78, 5) is 25.8. The van der Waals surface area contributed by atoms with Crippen LogP contribution in [0.3, 0.4) is 0 Å². The molecule has 34 heavy (non-hydrogen) atoms. The lowest BCUT2D eigenvalue weighted by molar-refractivity contribution is 0.579. The van der Waals surface area contributed by atoms with Crippen LogP contribution < -0.4 is 10.2 Å². The zero-order valence-corrected chi connectivity index (χ0v) is 19.0. The SMILES string of the molecule is Cn1cc(-c2cnc3ccc4ccc(CS(=O)(=O)NCc5ccncn5)cc4c(=O)c3c2)cn1. The van der Waals surface area contributed by atoms with Gasteiger partial charge in [0, 0.05) is 47.5 Å². The molecule has 0 spiro atoms. The summed E-state index contributed by atoms with van der Waals surface area (Å²) >= 11 is 0. The highest BCUT2D eigenvalue weighted by Gasteiger charge is 2.14. The molecule has 1 N–H and O–H groups in total. The quantitative estimate of drug-likeness (QED) is 0.403. The van der Waals surface area contributed by atoms with E-state index >= 15 is 0 Å². The molecule has 0 aliphatic carbocycles. The van der Waals surface area contributed by atoms with Gasteiger partial charge in [-0.05, 0) is 35.2 Å². The van der Waals surface area contributed by atoms with E-state index in [0.29, 0.717) is 32.9 Å². The van der Waals surface area contributed by atoms with Gasteiger partial charge in [0.15, 0.2) is 5.43 Å². The molecule has 0 atom stereocenters. The molecule has 3 heterocycles. The van der Waals surface area contributed by atoms with E-state index in [1.165, 1.54) is 6.33 Å². The van der Waals surface area contributed by atoms with Crippen LogP contribution in [0.15, 0.2) is 78.4 Å². The first-order chi connectivity index (χ1) is 16.4. The van der Waals surface area contributed by atoms with Crippen LogP contribution in [0.25, 0.3) is 32.8 Å². The number of nitrogens with zero attached hydrogens (tertiary/aromatic N) is 5. The summed E-state index contributed by atoms with van der Waals surface area (Å²) < 4.78 is 29.5. The monoisotopic (exact) mass is 472 g/mol. The van der Waals surface area contributed by atoms with Crippen LogP contribution in [0, 0.1) is 0 Å². The van der Waals surface area contributed by atoms with Crippen LogP contribution in [-0.2, 0) is 29.4 Å². The molecule has 3 aromatic heterocycles. The maximum Gasteiger partial charge on any atom is 0.216 e. The number of rotatable bonds is 6. The summed E-state index contributed by atoms with van der Waals surface area (Å²) in [6.07, 6.45) is 8.19. The van der Waals surface area contributed by atoms with E-state index in [1.54, 1.807) is 59.7 Å². The van der Waals surface area contributed by atoms with Crippen molar-refractivity contribution in [1.82, 2.24) is 29.5 Å². The average molecular weight is 473 g/mol. The Labute approximate surface area is 195 Å². The maximum atomic E-state index is 13.5. The van der Waals surface area contributed by atoms with Gasteiger partial charge in [-0.15, -0.1) is 0 Å². The first-order valence-corrected chi connectivity index (χ1v) is 12.1. The molecule has 0 radical (unpaired) electrons. The third-order valence-corrected chi connectivity index (χ3v) is 6.76. The molecule has 0 saturated heterocycles. The molecule has 0 unspecified atom stereocenters. The van der Waals surface area contributed by atoms with E-state index in [-0.39, 0.29) is 17.7 Å². The van der Waals surface area contributed by atoms with Gasteiger partial charge in [0.05, 0.1) is 29.7 Å². The molecule has 2 aromatic carbocycles. The number of aryl methyl sites for hydroxylation is 1. The van der Waals surface area contributed by atoms with Gasteiger partial charge in [0.25, 0.3) is 0 Å². The van der Waals surface area contributed by atoms with Crippen LogP contribution in [0.4, 0.5) is 0 Å². The lowest BCUT2D eigenvalue weighted by atomic mass is 10.1. The smallest absolute Gasteiger partial charge is 0.216 e. The van der Waals surface area contributed by atoms with E-state index in [9.17, 15) is 13.2 Å². The zero-order valence-electron chi connectivity index (χ0n) is 18.2. The van der Waals surface area contributed by atoms with Gasteiger partial charge < -0.3 is 0 Å². The Morgan fingerprint density at radius 2 is 1.82 bits per heavy atom. The highest BCUT2D eigenvalue weighted by Crippen LogP contribution is 2.22. The first-order valence-electron chi connectivity index (χ1n) is 10.4. The summed E-state index contributed by atoms with van der Waals surface area (Å²) in [6, 6.07) is 12.2. The Kier molecular flexibility index (Phi) is 5.60. The van der Waals surface area contributed by atoms with Crippen molar-refractivity contribution in [3.05, 3.63) is 95.1 Å². The van der Waals surface area contributed by atoms with Gasteiger partial charge in [-0.1, -0.05) is 18.2 Å². The van der Waals surface area contributed by atoms with Crippen molar-refractivity contribution in [2.75, 3.05) is 0 Å². The van der Waals surface area contributed by atoms with Crippen molar-refractivity contribution in [3.63, 3.8) is 0 Å². The van der Waals surface area contributed by atoms with Crippen molar-refractivity contribution < 1.29 is 8.42 Å². The Morgan fingerprint density at radius 3 is 2.59 bits per heavy atom. The van der Waals surface area contributed by atoms with Crippen molar-refractivity contribution in [2.24, 2.45) is 7.05 Å². The first kappa shape index (κ1) is 21.8. The van der Waals surface area contributed by atoms with Crippen molar-refractivity contribution in [3.8, 4) is 11.1 Å². The average Bonchev–Trinajstić information content (AvgIpc) is 3.22. The van der Waals surface area contributed by atoms with Gasteiger partial charge >= 0.3 is 0 Å². The van der Waals surface area contributed by atoms with Crippen LogP contribution in [0.2, 0.25) is 0 Å². The Balaban J connectivity index is 1.51. The van der Waals surface area contributed by atoms with Crippen molar-refractivity contribution in [2.45, 2.75) is 12.3 Å². The fourth-order valence-corrected chi connectivity index (χ4v) is 4.83. The van der Waals surface area contributed by atoms with E-state index in [0.717, 1.165) is 11.1 Å². The lowest BCUT2D eigenvalue weighted by Gasteiger charge is -2.07. The molecule has 9 nitrogen and oxygen atoms in total. The second-order valence-electron chi connectivity index (χ2n) is 7.92. The number of sulfonamides is 1. The molecule has 10 heteroatoms. The minimum atomic E-state index is -3.65. The molecule has 0 aliphatic heterocycles. The van der Waals surface area contributed by atoms with Crippen LogP contribution >= 0.6 is 0 Å². The largest absolute Gasteiger partial charge is 0.289 e. The molecular weight excluding hydrogens is 452 g/mol. The summed E-state index contributed by atoms with van der Waals surface area (Å²) in [5.74, 6) is -0.261. The van der Waals surface area contributed by atoms with E-state index < -0.39 is 10.0 Å². The van der Waals surface area contributed by atoms with E-state index in [1.807, 2.05) is 19.3 Å². The maximum absolute atomic E-state index is 13.5. The summed E-state index contributed by atoms with van der Waals surface area (Å²) in [5, 5.41) is 5.78. The zero-order chi connectivity index (χ0) is 23.7. The third kappa shape index (κ3) is 4.54. The second kappa shape index (κ2) is 8.73. The molecule has 0 fully saturated rings. The van der Waals surface area contributed by atoms with E-state index in [2.05, 4.69) is 24.8 Å². The number of pyridine rings is 1. The molecule has 0 aliphatic rings. The number of hydrogen-bond donors (Lipinski definition) is 1. The standard InChI is InChI=1S/C24H20N6O3S/c1-30-13-19(11-28-30)18-9-22-23(26-10-18)5-4-17-3-2-16(8-21(17)24(22)31)14-34(32,33)29-12-20-6-7-25-15-27-20/h2-11,13,15,29H,12,14H2,1H3. The third-order valence-electron chi connectivity index (χ3n) is 5.46. The molecule has 170 valence electrons. The van der Waals surface area contributed by atoms with Gasteiger partial charge in [0.1, 0.15) is 6.33 Å². The fraction of sp³-hybridized carbons (Fsp3) is 0.125. The minimum absolute atomic E-state index is 0.0631. The number of fused-ring (bicyclic) bond motifs is 2. The van der Waals surface area contributed by atoms with Crippen LogP contribution in [-0.4, -0.2) is 33.2 Å². The lowest BCUT2D eigenvalue weighted by Crippen LogP contribution is -2.25. The summed E-state index contributed by atoms with van der Waals surface area (Å²) in [5.41, 5.74) is 3.07. The molecule has 5 aromatic rings.